The molecule has 4 atom stereocenters. The van der Waals surface area contributed by atoms with E-state index in [-0.39, 0.29) is 5.91 Å². The second kappa shape index (κ2) is 3.25. The Balaban J connectivity index is 2.13. The summed E-state index contributed by atoms with van der Waals surface area (Å²) in [5, 5.41) is 3.13. The van der Waals surface area contributed by atoms with E-state index in [0.717, 1.165) is 18.3 Å². The Hall–Kier alpha value is -0.530. The summed E-state index contributed by atoms with van der Waals surface area (Å²) in [5.41, 5.74) is 0. The van der Waals surface area contributed by atoms with Crippen LogP contribution in [0.4, 0.5) is 0 Å². The van der Waals surface area contributed by atoms with Crippen molar-refractivity contribution in [3.05, 3.63) is 0 Å². The van der Waals surface area contributed by atoms with Crippen molar-refractivity contribution in [2.24, 2.45) is 29.6 Å². The topological polar surface area (TPSA) is 29.1 Å². The number of amides is 1. The quantitative estimate of drug-likeness (QED) is 0.718. The number of nitrogens with one attached hydrogen (secondary N) is 1. The minimum absolute atomic E-state index is 0.272. The van der Waals surface area contributed by atoms with E-state index in [9.17, 15) is 4.79 Å². The molecular weight excluding hydrogens is 174 g/mol. The van der Waals surface area contributed by atoms with E-state index in [4.69, 9.17) is 0 Å². The van der Waals surface area contributed by atoms with Crippen molar-refractivity contribution in [2.45, 2.75) is 40.2 Å². The van der Waals surface area contributed by atoms with Crippen LogP contribution < -0.4 is 5.32 Å². The predicted octanol–water partition coefficient (Wildman–Crippen LogP) is 2.05. The molecule has 0 aromatic heterocycles. The highest BCUT2D eigenvalue weighted by atomic mass is 16.2. The smallest absolute Gasteiger partial charge is 0.220 e. The van der Waals surface area contributed by atoms with Crippen LogP contribution in [0.25, 0.3) is 0 Å². The number of hydrogen-bond donors (Lipinski definition) is 1. The molecular formula is C12H21NO. The Morgan fingerprint density at radius 2 is 1.71 bits per heavy atom. The van der Waals surface area contributed by atoms with Crippen LogP contribution in [0.3, 0.4) is 0 Å². The van der Waals surface area contributed by atoms with Gasteiger partial charge < -0.3 is 5.32 Å². The Labute approximate surface area is 86.5 Å². The highest BCUT2D eigenvalue weighted by Gasteiger charge is 2.56. The Morgan fingerprint density at radius 1 is 1.14 bits per heavy atom. The van der Waals surface area contributed by atoms with Gasteiger partial charge in [-0.15, -0.1) is 0 Å². The zero-order valence-electron chi connectivity index (χ0n) is 9.58. The molecule has 1 aliphatic heterocycles. The van der Waals surface area contributed by atoms with Gasteiger partial charge >= 0.3 is 0 Å². The van der Waals surface area contributed by atoms with E-state index in [1.54, 1.807) is 0 Å². The fraction of sp³-hybridized carbons (Fsp3) is 0.917. The average molecular weight is 195 g/mol. The van der Waals surface area contributed by atoms with E-state index >= 15 is 0 Å². The summed E-state index contributed by atoms with van der Waals surface area (Å²) in [6, 6.07) is 0.495. The third-order valence-corrected chi connectivity index (χ3v) is 4.10. The van der Waals surface area contributed by atoms with Gasteiger partial charge in [0.25, 0.3) is 0 Å². The molecule has 2 nitrogen and oxygen atoms in total. The molecule has 4 unspecified atom stereocenters. The zero-order valence-corrected chi connectivity index (χ0v) is 9.58. The molecule has 2 rings (SSSR count). The van der Waals surface area contributed by atoms with E-state index in [2.05, 4.69) is 33.0 Å². The first-order valence-electron chi connectivity index (χ1n) is 5.81. The van der Waals surface area contributed by atoms with Gasteiger partial charge in [0.15, 0.2) is 0 Å². The van der Waals surface area contributed by atoms with Gasteiger partial charge in [0.05, 0.1) is 0 Å². The van der Waals surface area contributed by atoms with E-state index in [0.29, 0.717) is 23.8 Å². The molecule has 0 aromatic carbocycles. The van der Waals surface area contributed by atoms with Crippen molar-refractivity contribution in [3.8, 4) is 0 Å². The SMILES string of the molecule is CC(C)C1C2CC(=O)NC2C1C(C)C. The maximum atomic E-state index is 11.3. The van der Waals surface area contributed by atoms with Gasteiger partial charge in [-0.1, -0.05) is 27.7 Å². The van der Waals surface area contributed by atoms with Crippen LogP contribution in [0.5, 0.6) is 0 Å². The van der Waals surface area contributed by atoms with Crippen LogP contribution in [0.15, 0.2) is 0 Å². The number of fused-ring (bicyclic) bond motifs is 1. The molecule has 1 saturated heterocycles. The van der Waals surface area contributed by atoms with Gasteiger partial charge in [-0.2, -0.15) is 0 Å². The van der Waals surface area contributed by atoms with E-state index in [1.807, 2.05) is 0 Å². The molecule has 1 saturated carbocycles. The summed E-state index contributed by atoms with van der Waals surface area (Å²) >= 11 is 0. The minimum Gasteiger partial charge on any atom is -0.353 e. The van der Waals surface area contributed by atoms with Crippen LogP contribution in [-0.2, 0) is 4.79 Å². The molecule has 0 aromatic rings. The lowest BCUT2D eigenvalue weighted by molar-refractivity contribution is -0.119. The summed E-state index contributed by atoms with van der Waals surface area (Å²) in [7, 11) is 0. The largest absolute Gasteiger partial charge is 0.353 e. The number of hydrogen-bond acceptors (Lipinski definition) is 1. The van der Waals surface area contributed by atoms with Crippen LogP contribution in [-0.4, -0.2) is 11.9 Å². The molecule has 80 valence electrons. The van der Waals surface area contributed by atoms with Crippen molar-refractivity contribution >= 4 is 5.91 Å². The van der Waals surface area contributed by atoms with Gasteiger partial charge in [-0.3, -0.25) is 4.79 Å². The van der Waals surface area contributed by atoms with Crippen molar-refractivity contribution < 1.29 is 4.79 Å². The molecule has 1 N–H and O–H groups in total. The van der Waals surface area contributed by atoms with Gasteiger partial charge in [0.1, 0.15) is 0 Å². The molecule has 1 heterocycles. The maximum Gasteiger partial charge on any atom is 0.220 e. The molecule has 2 heteroatoms. The Morgan fingerprint density at radius 3 is 2.21 bits per heavy atom. The average Bonchev–Trinajstić information content (AvgIpc) is 2.30. The third kappa shape index (κ3) is 1.27. The summed E-state index contributed by atoms with van der Waals surface area (Å²) < 4.78 is 0. The molecule has 1 amide bonds. The number of carbonyl (C=O) groups excluding carboxylic acids is 1. The summed E-state index contributed by atoms with van der Waals surface area (Å²) in [5.74, 6) is 3.80. The second-order valence-electron chi connectivity index (χ2n) is 5.60. The van der Waals surface area contributed by atoms with Crippen LogP contribution in [0.1, 0.15) is 34.1 Å². The molecule has 0 spiro atoms. The molecule has 2 aliphatic rings. The van der Waals surface area contributed by atoms with Gasteiger partial charge in [-0.25, -0.2) is 0 Å². The monoisotopic (exact) mass is 195 g/mol. The van der Waals surface area contributed by atoms with Gasteiger partial charge in [-0.05, 0) is 29.6 Å². The lowest BCUT2D eigenvalue weighted by Crippen LogP contribution is -2.57. The van der Waals surface area contributed by atoms with Crippen molar-refractivity contribution in [3.63, 3.8) is 0 Å². The Bertz CT molecular complexity index is 223. The number of carbonyl (C=O) groups is 1. The highest BCUT2D eigenvalue weighted by molar-refractivity contribution is 5.79. The summed E-state index contributed by atoms with van der Waals surface area (Å²) in [4.78, 5) is 11.3. The fourth-order valence-electron chi connectivity index (χ4n) is 3.63. The normalized spacial score (nSPS) is 41.1. The molecule has 14 heavy (non-hydrogen) atoms. The molecule has 0 bridgehead atoms. The lowest BCUT2D eigenvalue weighted by atomic mass is 9.54. The predicted molar refractivity (Wildman–Crippen MR) is 56.7 cm³/mol. The first-order chi connectivity index (χ1) is 6.52. The standard InChI is InChI=1S/C12H21NO/c1-6(2)10-8-5-9(14)13-12(8)11(10)7(3)4/h6-8,10-12H,5H2,1-4H3,(H,13,14). The number of rotatable bonds is 2. The third-order valence-electron chi connectivity index (χ3n) is 4.10. The highest BCUT2D eigenvalue weighted by Crippen LogP contribution is 2.52. The van der Waals surface area contributed by atoms with Crippen molar-refractivity contribution in [1.82, 2.24) is 5.32 Å². The Kier molecular flexibility index (Phi) is 2.32. The van der Waals surface area contributed by atoms with E-state index in [1.165, 1.54) is 0 Å². The zero-order chi connectivity index (χ0) is 10.5. The van der Waals surface area contributed by atoms with Crippen LogP contribution >= 0.6 is 0 Å². The van der Waals surface area contributed by atoms with Crippen LogP contribution in [0.2, 0.25) is 0 Å². The molecule has 1 aliphatic carbocycles. The fourth-order valence-corrected chi connectivity index (χ4v) is 3.63. The first kappa shape index (κ1) is 10.0. The molecule has 2 fully saturated rings. The summed E-state index contributed by atoms with van der Waals surface area (Å²) in [6.45, 7) is 9.14. The van der Waals surface area contributed by atoms with Gasteiger partial charge in [0.2, 0.25) is 5.91 Å². The second-order valence-corrected chi connectivity index (χ2v) is 5.60. The van der Waals surface area contributed by atoms with Crippen LogP contribution in [0, 0.1) is 29.6 Å². The minimum atomic E-state index is 0.272. The lowest BCUT2D eigenvalue weighted by Gasteiger charge is -2.52. The maximum absolute atomic E-state index is 11.3. The van der Waals surface area contributed by atoms with E-state index < -0.39 is 0 Å². The van der Waals surface area contributed by atoms with Crippen molar-refractivity contribution in [2.75, 3.05) is 0 Å². The first-order valence-corrected chi connectivity index (χ1v) is 5.81. The van der Waals surface area contributed by atoms with Crippen molar-refractivity contribution in [1.29, 1.82) is 0 Å². The van der Waals surface area contributed by atoms with Gasteiger partial charge in [0, 0.05) is 12.5 Å². The molecule has 0 radical (unpaired) electrons. The summed E-state index contributed by atoms with van der Waals surface area (Å²) in [6.07, 6.45) is 0.775.